The molecule has 10 heteroatoms. The third kappa shape index (κ3) is 2.49. The van der Waals surface area contributed by atoms with Gasteiger partial charge in [0.2, 0.25) is 5.95 Å². The number of nitrogens with one attached hydrogen (secondary N) is 2. The highest BCUT2D eigenvalue weighted by Crippen LogP contribution is 2.46. The molecule has 2 aromatic rings. The molecule has 2 aliphatic heterocycles. The van der Waals surface area contributed by atoms with Crippen LogP contribution in [0, 0.1) is 0 Å². The molecule has 0 radical (unpaired) electrons. The van der Waals surface area contributed by atoms with E-state index >= 15 is 0 Å². The minimum absolute atomic E-state index is 0.176. The number of rotatable bonds is 2. The fourth-order valence-corrected chi connectivity index (χ4v) is 5.31. The van der Waals surface area contributed by atoms with Crippen LogP contribution in [0.5, 0.6) is 0 Å². The van der Waals surface area contributed by atoms with Crippen LogP contribution >= 0.6 is 0 Å². The van der Waals surface area contributed by atoms with Crippen molar-refractivity contribution in [3.8, 4) is 11.3 Å². The zero-order chi connectivity index (χ0) is 22.4. The number of hydrogen-bond acceptors (Lipinski definition) is 6. The van der Waals surface area contributed by atoms with Gasteiger partial charge in [-0.2, -0.15) is 8.78 Å². The molecule has 2 aliphatic carbocycles. The largest absolute Gasteiger partial charge is 0.389 e. The number of nitrogens with zero attached hydrogens (tertiary/aromatic N) is 3. The van der Waals surface area contributed by atoms with E-state index < -0.39 is 23.6 Å². The van der Waals surface area contributed by atoms with Crippen LogP contribution in [0.25, 0.3) is 11.3 Å². The van der Waals surface area contributed by atoms with E-state index in [4.69, 9.17) is 0 Å². The Labute approximate surface area is 182 Å². The van der Waals surface area contributed by atoms with Gasteiger partial charge >= 0.3 is 6.03 Å². The average molecular weight is 441 g/mol. The Kier molecular flexibility index (Phi) is 3.80. The molecular formula is C22H21F2N5O3. The van der Waals surface area contributed by atoms with E-state index in [0.717, 1.165) is 11.1 Å². The summed E-state index contributed by atoms with van der Waals surface area (Å²) in [7, 11) is 0. The summed E-state index contributed by atoms with van der Waals surface area (Å²) in [5, 5.41) is 14.9. The molecule has 2 saturated heterocycles. The Hall–Kier alpha value is -3.14. The molecule has 6 rings (SSSR count). The predicted octanol–water partition coefficient (Wildman–Crippen LogP) is 1.73. The Morgan fingerprint density at radius 3 is 2.69 bits per heavy atom. The van der Waals surface area contributed by atoms with Crippen molar-refractivity contribution >= 4 is 17.9 Å². The number of imide groups is 1. The van der Waals surface area contributed by atoms with Gasteiger partial charge in [0.05, 0.1) is 17.8 Å². The molecule has 166 valence electrons. The fraction of sp³-hybridized carbons (Fsp3) is 0.455. The highest BCUT2D eigenvalue weighted by molar-refractivity contribution is 6.08. The molecule has 3 amide bonds. The number of halogens is 2. The van der Waals surface area contributed by atoms with Gasteiger partial charge < -0.3 is 15.3 Å². The summed E-state index contributed by atoms with van der Waals surface area (Å²) in [5.41, 5.74) is 1.86. The highest BCUT2D eigenvalue weighted by Gasteiger charge is 2.51. The van der Waals surface area contributed by atoms with Crippen LogP contribution in [0.3, 0.4) is 0 Å². The van der Waals surface area contributed by atoms with Crippen molar-refractivity contribution in [3.05, 3.63) is 40.6 Å². The third-order valence-electron chi connectivity index (χ3n) is 7.27. The van der Waals surface area contributed by atoms with E-state index in [0.29, 0.717) is 36.2 Å². The topological polar surface area (TPSA) is 107 Å². The lowest BCUT2D eigenvalue weighted by atomic mass is 9.91. The van der Waals surface area contributed by atoms with Gasteiger partial charge in [0, 0.05) is 24.1 Å². The molecule has 1 spiro atoms. The van der Waals surface area contributed by atoms with E-state index in [1.165, 1.54) is 0 Å². The summed E-state index contributed by atoms with van der Waals surface area (Å²) >= 11 is 0. The Balaban J connectivity index is 1.46. The number of benzene rings is 1. The van der Waals surface area contributed by atoms with Crippen LogP contribution < -0.4 is 15.5 Å². The fourth-order valence-electron chi connectivity index (χ4n) is 5.31. The van der Waals surface area contributed by atoms with Crippen LogP contribution in [-0.4, -0.2) is 45.7 Å². The lowest BCUT2D eigenvalue weighted by Crippen LogP contribution is -2.59. The van der Waals surface area contributed by atoms with Gasteiger partial charge in [-0.15, -0.1) is 0 Å². The monoisotopic (exact) mass is 441 g/mol. The van der Waals surface area contributed by atoms with Crippen molar-refractivity contribution in [2.75, 3.05) is 11.4 Å². The molecule has 4 aliphatic rings. The maximum absolute atomic E-state index is 14.6. The number of amides is 3. The number of aliphatic hydroxyl groups excluding tert-OH is 1. The number of fused-ring (bicyclic) bond motifs is 3. The Morgan fingerprint density at radius 2 is 2.00 bits per heavy atom. The van der Waals surface area contributed by atoms with Crippen LogP contribution in [0.4, 0.5) is 19.5 Å². The molecule has 1 aromatic heterocycles. The number of aryl methyl sites for hydroxylation is 1. The highest BCUT2D eigenvalue weighted by atomic mass is 19.3. The van der Waals surface area contributed by atoms with Crippen LogP contribution in [-0.2, 0) is 29.1 Å². The lowest BCUT2D eigenvalue weighted by Gasteiger charge is -2.43. The van der Waals surface area contributed by atoms with E-state index in [1.807, 2.05) is 6.07 Å². The number of urea groups is 1. The summed E-state index contributed by atoms with van der Waals surface area (Å²) in [5.74, 6) is -3.21. The molecular weight excluding hydrogens is 420 g/mol. The average Bonchev–Trinajstić information content (AvgIpc) is 3.38. The zero-order valence-corrected chi connectivity index (χ0v) is 17.3. The SMILES string of the molecule is C[C@H]1[C@H](O)CN1c1nc(-c2ccc3c(c2)CC[C@]32NC(=O)NC2=O)c2c(n1)C(F)(F)CC2. The molecule has 2 fully saturated rings. The first kappa shape index (κ1) is 19.5. The maximum Gasteiger partial charge on any atom is 0.322 e. The Morgan fingerprint density at radius 1 is 1.19 bits per heavy atom. The molecule has 32 heavy (non-hydrogen) atoms. The number of anilines is 1. The first-order valence-electron chi connectivity index (χ1n) is 10.7. The lowest BCUT2D eigenvalue weighted by molar-refractivity contribution is -0.124. The summed E-state index contributed by atoms with van der Waals surface area (Å²) in [4.78, 5) is 34.8. The molecule has 3 N–H and O–H groups in total. The van der Waals surface area contributed by atoms with Crippen molar-refractivity contribution in [1.82, 2.24) is 20.6 Å². The van der Waals surface area contributed by atoms with E-state index in [1.54, 1.807) is 24.0 Å². The van der Waals surface area contributed by atoms with Crippen LogP contribution in [0.15, 0.2) is 18.2 Å². The number of hydrogen-bond donors (Lipinski definition) is 3. The molecule has 3 heterocycles. The Bertz CT molecular complexity index is 1200. The van der Waals surface area contributed by atoms with Crippen molar-refractivity contribution in [2.24, 2.45) is 0 Å². The van der Waals surface area contributed by atoms with E-state index in [9.17, 15) is 23.5 Å². The number of aromatic nitrogens is 2. The van der Waals surface area contributed by atoms with Gasteiger partial charge in [-0.05, 0) is 43.4 Å². The molecule has 8 nitrogen and oxygen atoms in total. The minimum Gasteiger partial charge on any atom is -0.389 e. The number of alkyl halides is 2. The first-order valence-corrected chi connectivity index (χ1v) is 10.7. The van der Waals surface area contributed by atoms with Crippen molar-refractivity contribution in [1.29, 1.82) is 0 Å². The summed E-state index contributed by atoms with van der Waals surface area (Å²) in [6, 6.07) is 4.65. The van der Waals surface area contributed by atoms with Gasteiger partial charge in [-0.3, -0.25) is 10.1 Å². The summed E-state index contributed by atoms with van der Waals surface area (Å²) in [6.07, 6.45) is 0.335. The van der Waals surface area contributed by atoms with Gasteiger partial charge in [0.1, 0.15) is 11.2 Å². The number of aliphatic hydroxyl groups is 1. The normalized spacial score (nSPS) is 29.6. The maximum atomic E-state index is 14.6. The predicted molar refractivity (Wildman–Crippen MR) is 109 cm³/mol. The minimum atomic E-state index is -3.03. The molecule has 0 saturated carbocycles. The molecule has 3 atom stereocenters. The van der Waals surface area contributed by atoms with Crippen LogP contribution in [0.2, 0.25) is 0 Å². The quantitative estimate of drug-likeness (QED) is 0.613. The van der Waals surface area contributed by atoms with Crippen molar-refractivity contribution in [3.63, 3.8) is 0 Å². The third-order valence-corrected chi connectivity index (χ3v) is 7.27. The van der Waals surface area contributed by atoms with Crippen molar-refractivity contribution in [2.45, 2.75) is 56.2 Å². The standard InChI is InChI=1S/C22H21F2N5O3/c1-10-15(30)9-29(10)19-25-16(13-5-7-22(23,24)17(13)26-19)12-2-3-14-11(8-12)4-6-21(14)18(31)27-20(32)28-21/h2-3,8,10,15,30H,4-7,9H2,1H3,(H2,27,28,31,32)/t10-,15+,21-/m0/s1. The van der Waals surface area contributed by atoms with E-state index in [2.05, 4.69) is 20.6 Å². The second kappa shape index (κ2) is 6.22. The molecule has 0 bridgehead atoms. The second-order valence-corrected chi connectivity index (χ2v) is 9.05. The summed E-state index contributed by atoms with van der Waals surface area (Å²) < 4.78 is 29.3. The second-order valence-electron chi connectivity index (χ2n) is 9.05. The summed E-state index contributed by atoms with van der Waals surface area (Å²) in [6.45, 7) is 2.10. The van der Waals surface area contributed by atoms with E-state index in [-0.39, 0.29) is 36.4 Å². The van der Waals surface area contributed by atoms with Gasteiger partial charge in [0.25, 0.3) is 11.8 Å². The molecule has 0 unspecified atom stereocenters. The zero-order valence-electron chi connectivity index (χ0n) is 17.3. The smallest absolute Gasteiger partial charge is 0.322 e. The first-order chi connectivity index (χ1) is 15.2. The van der Waals surface area contributed by atoms with Crippen molar-refractivity contribution < 1.29 is 23.5 Å². The molecule has 1 aromatic carbocycles. The number of carbonyl (C=O) groups excluding carboxylic acids is 2. The number of carbonyl (C=O) groups is 2. The van der Waals surface area contributed by atoms with Gasteiger partial charge in [-0.25, -0.2) is 14.8 Å². The number of β-amino-alcohol motifs (C(OH)–C–C–N with tert-alkyl or cyclic N) is 1. The van der Waals surface area contributed by atoms with Crippen LogP contribution in [0.1, 0.15) is 42.1 Å². The van der Waals surface area contributed by atoms with Gasteiger partial charge in [0.15, 0.2) is 0 Å². The van der Waals surface area contributed by atoms with Gasteiger partial charge in [-0.1, -0.05) is 12.1 Å².